The van der Waals surface area contributed by atoms with E-state index in [4.69, 9.17) is 0 Å². The van der Waals surface area contributed by atoms with Crippen LogP contribution < -0.4 is 11.0 Å². The summed E-state index contributed by atoms with van der Waals surface area (Å²) in [7, 11) is 0. The van der Waals surface area contributed by atoms with Crippen molar-refractivity contribution < 1.29 is 4.79 Å². The topological polar surface area (TPSA) is 85.0 Å². The van der Waals surface area contributed by atoms with E-state index in [0.717, 1.165) is 37.6 Å². The van der Waals surface area contributed by atoms with Gasteiger partial charge in [0, 0.05) is 31.0 Å². The summed E-state index contributed by atoms with van der Waals surface area (Å²) in [5, 5.41) is 7.44. The lowest BCUT2D eigenvalue weighted by molar-refractivity contribution is -0.121. The highest BCUT2D eigenvalue weighted by molar-refractivity contribution is 5.75. The van der Waals surface area contributed by atoms with Crippen LogP contribution in [-0.2, 0) is 31.0 Å². The summed E-state index contributed by atoms with van der Waals surface area (Å²) in [5.74, 6) is 0.416. The molecule has 1 aliphatic rings. The van der Waals surface area contributed by atoms with Crippen LogP contribution in [0.2, 0.25) is 0 Å². The van der Waals surface area contributed by atoms with Gasteiger partial charge in [-0.15, -0.1) is 0 Å². The quantitative estimate of drug-likeness (QED) is 0.812. The van der Waals surface area contributed by atoms with Crippen LogP contribution >= 0.6 is 0 Å². The molecule has 27 heavy (non-hydrogen) atoms. The first-order valence-electron chi connectivity index (χ1n) is 9.41. The average Bonchev–Trinajstić information content (AvgIpc) is 2.98. The molecule has 8 heteroatoms. The Morgan fingerprint density at radius 1 is 1.26 bits per heavy atom. The molecule has 3 heterocycles. The van der Waals surface area contributed by atoms with E-state index < -0.39 is 5.69 Å². The van der Waals surface area contributed by atoms with Gasteiger partial charge in [0.25, 0.3) is 0 Å². The zero-order valence-corrected chi connectivity index (χ0v) is 16.5. The Kier molecular flexibility index (Phi) is 5.74. The third-order valence-electron chi connectivity index (χ3n) is 4.67. The van der Waals surface area contributed by atoms with Gasteiger partial charge >= 0.3 is 5.69 Å². The fourth-order valence-electron chi connectivity index (χ4n) is 3.49. The molecule has 0 atom stereocenters. The Morgan fingerprint density at radius 2 is 2.04 bits per heavy atom. The number of rotatable bonds is 6. The lowest BCUT2D eigenvalue weighted by Crippen LogP contribution is -2.36. The molecule has 2 aromatic rings. The minimum Gasteiger partial charge on any atom is -0.349 e. The zero-order chi connectivity index (χ0) is 19.6. The number of hydrogen-bond acceptors (Lipinski definition) is 5. The predicted octanol–water partition coefficient (Wildman–Crippen LogP) is 0.845. The van der Waals surface area contributed by atoms with Crippen molar-refractivity contribution in [3.05, 3.63) is 45.4 Å². The molecule has 0 bridgehead atoms. The second-order valence-corrected chi connectivity index (χ2v) is 7.66. The highest BCUT2D eigenvalue weighted by atomic mass is 16.2. The van der Waals surface area contributed by atoms with Gasteiger partial charge in [-0.1, -0.05) is 13.8 Å². The third-order valence-corrected chi connectivity index (χ3v) is 4.67. The van der Waals surface area contributed by atoms with Crippen LogP contribution in [0, 0.1) is 19.8 Å². The smallest absolute Gasteiger partial charge is 0.348 e. The molecule has 2 aromatic heterocycles. The number of nitrogens with zero attached hydrogens (tertiary/aromatic N) is 5. The number of amides is 1. The Hall–Kier alpha value is -2.48. The summed E-state index contributed by atoms with van der Waals surface area (Å²) in [6.45, 7) is 12.2. The van der Waals surface area contributed by atoms with E-state index in [1.54, 1.807) is 19.9 Å². The maximum Gasteiger partial charge on any atom is 0.348 e. The summed E-state index contributed by atoms with van der Waals surface area (Å²) in [6, 6.07) is 3.85. The van der Waals surface area contributed by atoms with Gasteiger partial charge in [-0.25, -0.2) is 4.79 Å². The zero-order valence-electron chi connectivity index (χ0n) is 16.5. The third kappa shape index (κ3) is 4.82. The van der Waals surface area contributed by atoms with Crippen molar-refractivity contribution in [1.29, 1.82) is 0 Å². The molecular weight excluding hydrogens is 344 g/mol. The molecule has 1 aliphatic heterocycles. The van der Waals surface area contributed by atoms with Crippen LogP contribution in [0.1, 0.15) is 36.6 Å². The van der Waals surface area contributed by atoms with Gasteiger partial charge in [0.05, 0.1) is 24.5 Å². The first-order chi connectivity index (χ1) is 12.8. The molecular formula is C19H28N6O2. The minimum absolute atomic E-state index is 0.0340. The number of carbonyl (C=O) groups excluding carboxylic acids is 1. The van der Waals surface area contributed by atoms with Crippen molar-refractivity contribution in [2.75, 3.05) is 13.1 Å². The molecule has 0 saturated heterocycles. The Labute approximate surface area is 159 Å². The summed E-state index contributed by atoms with van der Waals surface area (Å²) in [4.78, 5) is 30.5. The number of carbonyl (C=O) groups is 1. The Bertz CT molecular complexity index is 883. The molecule has 0 saturated carbocycles. The summed E-state index contributed by atoms with van der Waals surface area (Å²) >= 11 is 0. The molecule has 146 valence electrons. The lowest BCUT2D eigenvalue weighted by atomic mass is 10.2. The van der Waals surface area contributed by atoms with E-state index in [-0.39, 0.29) is 12.5 Å². The SMILES string of the molecule is Cc1cc(C)n(CC(=O)NCc2cc3n(n2)CCN(CC(C)C)C3)c(=O)n1. The first kappa shape index (κ1) is 19.3. The molecule has 0 aromatic carbocycles. The number of hydrogen-bond donors (Lipinski definition) is 1. The number of fused-ring (bicyclic) bond motifs is 1. The Morgan fingerprint density at radius 3 is 2.74 bits per heavy atom. The first-order valence-corrected chi connectivity index (χ1v) is 9.41. The van der Waals surface area contributed by atoms with Gasteiger partial charge < -0.3 is 5.32 Å². The van der Waals surface area contributed by atoms with Crippen molar-refractivity contribution in [1.82, 2.24) is 29.5 Å². The maximum absolute atomic E-state index is 12.3. The Balaban J connectivity index is 1.58. The average molecular weight is 372 g/mol. The molecule has 3 rings (SSSR count). The molecule has 1 N–H and O–H groups in total. The molecule has 8 nitrogen and oxygen atoms in total. The van der Waals surface area contributed by atoms with Gasteiger partial charge in [0.2, 0.25) is 5.91 Å². The van der Waals surface area contributed by atoms with E-state index in [9.17, 15) is 9.59 Å². The van der Waals surface area contributed by atoms with Crippen LogP contribution in [-0.4, -0.2) is 43.2 Å². The van der Waals surface area contributed by atoms with Gasteiger partial charge in [0.1, 0.15) is 6.54 Å². The van der Waals surface area contributed by atoms with Crippen molar-refractivity contribution in [3.8, 4) is 0 Å². The normalized spacial score (nSPS) is 14.4. The van der Waals surface area contributed by atoms with Crippen LogP contribution in [0.25, 0.3) is 0 Å². The fraction of sp³-hybridized carbons (Fsp3) is 0.579. The van der Waals surface area contributed by atoms with Gasteiger partial charge in [0.15, 0.2) is 0 Å². The van der Waals surface area contributed by atoms with Gasteiger partial charge in [-0.2, -0.15) is 10.1 Å². The van der Waals surface area contributed by atoms with Crippen molar-refractivity contribution in [3.63, 3.8) is 0 Å². The fourth-order valence-corrected chi connectivity index (χ4v) is 3.49. The largest absolute Gasteiger partial charge is 0.349 e. The van der Waals surface area contributed by atoms with E-state index >= 15 is 0 Å². The van der Waals surface area contributed by atoms with Crippen LogP contribution in [0.3, 0.4) is 0 Å². The summed E-state index contributed by atoms with van der Waals surface area (Å²) < 4.78 is 3.40. The van der Waals surface area contributed by atoms with Crippen LogP contribution in [0.15, 0.2) is 16.9 Å². The molecule has 0 radical (unpaired) electrons. The molecule has 0 aliphatic carbocycles. The summed E-state index contributed by atoms with van der Waals surface area (Å²) in [6.07, 6.45) is 0. The maximum atomic E-state index is 12.3. The number of aromatic nitrogens is 4. The van der Waals surface area contributed by atoms with Crippen molar-refractivity contribution in [2.45, 2.75) is 53.9 Å². The van der Waals surface area contributed by atoms with E-state index in [1.807, 2.05) is 4.68 Å². The minimum atomic E-state index is -0.398. The monoisotopic (exact) mass is 372 g/mol. The van der Waals surface area contributed by atoms with Gasteiger partial charge in [-0.3, -0.25) is 18.9 Å². The van der Waals surface area contributed by atoms with E-state index in [1.165, 1.54) is 10.3 Å². The summed E-state index contributed by atoms with van der Waals surface area (Å²) in [5.41, 5.74) is 3.01. The van der Waals surface area contributed by atoms with E-state index in [0.29, 0.717) is 18.2 Å². The lowest BCUT2D eigenvalue weighted by Gasteiger charge is -2.28. The molecule has 0 fully saturated rings. The van der Waals surface area contributed by atoms with Crippen LogP contribution in [0.4, 0.5) is 0 Å². The molecule has 0 spiro atoms. The highest BCUT2D eigenvalue weighted by Crippen LogP contribution is 2.15. The van der Waals surface area contributed by atoms with E-state index in [2.05, 4.69) is 40.2 Å². The second kappa shape index (κ2) is 8.04. The van der Waals surface area contributed by atoms with Crippen LogP contribution in [0.5, 0.6) is 0 Å². The number of nitrogens with one attached hydrogen (secondary N) is 1. The standard InChI is InChI=1S/C19H28N6O2/c1-13(2)10-23-5-6-25-17(11-23)8-16(22-25)9-20-18(26)12-24-15(4)7-14(3)21-19(24)27/h7-8,13H,5-6,9-12H2,1-4H3,(H,20,26). The highest BCUT2D eigenvalue weighted by Gasteiger charge is 2.19. The predicted molar refractivity (Wildman–Crippen MR) is 102 cm³/mol. The molecule has 1 amide bonds. The molecule has 0 unspecified atom stereocenters. The van der Waals surface area contributed by atoms with Crippen molar-refractivity contribution in [2.24, 2.45) is 5.92 Å². The number of aryl methyl sites for hydroxylation is 2. The second-order valence-electron chi connectivity index (χ2n) is 7.66. The van der Waals surface area contributed by atoms with Crippen molar-refractivity contribution >= 4 is 5.91 Å². The van der Waals surface area contributed by atoms with Gasteiger partial charge in [-0.05, 0) is 31.9 Å².